The van der Waals surface area contributed by atoms with Gasteiger partial charge < -0.3 is 14.3 Å². The zero-order valence-electron chi connectivity index (χ0n) is 22.3. The van der Waals surface area contributed by atoms with E-state index in [0.29, 0.717) is 33.6 Å². The highest BCUT2D eigenvalue weighted by molar-refractivity contribution is 8.00. The topological polar surface area (TPSA) is 106 Å². The Morgan fingerprint density at radius 2 is 1.86 bits per heavy atom. The first-order chi connectivity index (χ1) is 20.4. The average molecular weight is 602 g/mol. The molecule has 11 heteroatoms. The predicted octanol–water partition coefficient (Wildman–Crippen LogP) is 7.29. The summed E-state index contributed by atoms with van der Waals surface area (Å²) in [6.07, 6.45) is 0.845. The van der Waals surface area contributed by atoms with E-state index in [1.165, 1.54) is 28.8 Å². The number of Topliss-reactive ketones (excluding diaryl/α,β-unsaturated/α-hetero) is 1. The molecule has 212 valence electrons. The first-order valence-corrected chi connectivity index (χ1v) is 15.0. The molecule has 1 amide bonds. The van der Waals surface area contributed by atoms with E-state index in [2.05, 4.69) is 10.2 Å². The Hall–Kier alpha value is -4.48. The first-order valence-electron chi connectivity index (χ1n) is 13.2. The number of ketones is 1. The molecule has 1 N–H and O–H groups in total. The number of thioether (sulfide) groups is 1. The molecule has 1 unspecified atom stereocenters. The number of anilines is 1. The van der Waals surface area contributed by atoms with Gasteiger partial charge in [0.25, 0.3) is 5.91 Å². The van der Waals surface area contributed by atoms with Crippen molar-refractivity contribution in [1.29, 1.82) is 0 Å². The van der Waals surface area contributed by atoms with E-state index >= 15 is 0 Å². The Bertz CT molecular complexity index is 1760. The summed E-state index contributed by atoms with van der Waals surface area (Å²) in [4.78, 5) is 28.7. The number of nitrogens with zero attached hydrogens (tertiary/aromatic N) is 3. The van der Waals surface area contributed by atoms with Crippen LogP contribution in [0, 0.1) is 5.82 Å². The van der Waals surface area contributed by atoms with E-state index in [4.69, 9.17) is 9.15 Å². The van der Waals surface area contributed by atoms with Crippen molar-refractivity contribution in [2.45, 2.75) is 29.5 Å². The monoisotopic (exact) mass is 601 g/mol. The number of para-hydroxylation sites is 1. The van der Waals surface area contributed by atoms with E-state index in [0.717, 1.165) is 28.7 Å². The number of ether oxygens (including phenoxy) is 1. The number of aliphatic hydroxyl groups excluding tert-OH is 1. The van der Waals surface area contributed by atoms with Gasteiger partial charge in [-0.3, -0.25) is 14.5 Å². The van der Waals surface area contributed by atoms with E-state index in [1.54, 1.807) is 54.6 Å². The quantitative estimate of drug-likeness (QED) is 0.101. The molecule has 5 aromatic rings. The van der Waals surface area contributed by atoms with Crippen molar-refractivity contribution >= 4 is 50.9 Å². The van der Waals surface area contributed by atoms with Crippen LogP contribution in [0.4, 0.5) is 9.52 Å². The number of carbonyl (C=O) groups excluding carboxylic acids is 2. The molecule has 8 nitrogen and oxygen atoms in total. The maximum atomic E-state index is 13.9. The second-order valence-electron chi connectivity index (χ2n) is 9.50. The van der Waals surface area contributed by atoms with Crippen LogP contribution in [-0.2, 0) is 10.5 Å². The van der Waals surface area contributed by atoms with Crippen molar-refractivity contribution in [3.8, 4) is 5.75 Å². The molecule has 0 saturated heterocycles. The molecule has 0 aliphatic carbocycles. The Morgan fingerprint density at radius 3 is 2.60 bits per heavy atom. The molecule has 3 heterocycles. The summed E-state index contributed by atoms with van der Waals surface area (Å²) in [5.41, 5.74) is 1.88. The van der Waals surface area contributed by atoms with Crippen molar-refractivity contribution in [2.24, 2.45) is 0 Å². The van der Waals surface area contributed by atoms with Gasteiger partial charge in [-0.15, -0.1) is 10.2 Å². The van der Waals surface area contributed by atoms with Crippen molar-refractivity contribution < 1.29 is 28.2 Å². The molecule has 0 radical (unpaired) electrons. The number of fused-ring (bicyclic) bond motifs is 1. The fraction of sp³-hybridized carbons (Fsp3) is 0.161. The largest absolute Gasteiger partial charge is 0.503 e. The second-order valence-corrected chi connectivity index (χ2v) is 11.7. The van der Waals surface area contributed by atoms with E-state index in [-0.39, 0.29) is 22.3 Å². The van der Waals surface area contributed by atoms with Gasteiger partial charge in [0.05, 0.1) is 18.2 Å². The van der Waals surface area contributed by atoms with Gasteiger partial charge in [-0.05, 0) is 53.9 Å². The van der Waals surface area contributed by atoms with E-state index in [9.17, 15) is 19.1 Å². The molecular formula is C31H24FN3O5S2. The van der Waals surface area contributed by atoms with Gasteiger partial charge in [0.2, 0.25) is 10.9 Å². The molecule has 0 bridgehead atoms. The van der Waals surface area contributed by atoms with Gasteiger partial charge in [0, 0.05) is 11.1 Å². The summed E-state index contributed by atoms with van der Waals surface area (Å²) in [5.74, 6) is -1.19. The highest BCUT2D eigenvalue weighted by Crippen LogP contribution is 2.44. The minimum atomic E-state index is -0.985. The zero-order valence-corrected chi connectivity index (χ0v) is 24.0. The van der Waals surface area contributed by atoms with Crippen LogP contribution in [0.25, 0.3) is 11.0 Å². The molecule has 6 rings (SSSR count). The number of carbonyl (C=O) groups is 2. The standard InChI is InChI=1S/C31H24FN3O5S2/c1-2-15-39-22-13-9-19(10-14-22)26-25(27(36)24-16-20-5-3-4-6-23(20)40-24)28(37)29(38)35(26)30-33-34-31(42-30)41-17-18-7-11-21(32)12-8-18/h3-14,16,26,37H,2,15,17H2,1H3. The maximum absolute atomic E-state index is 13.9. The Labute approximate surface area is 248 Å². The van der Waals surface area contributed by atoms with Gasteiger partial charge >= 0.3 is 0 Å². The Kier molecular flexibility index (Phi) is 7.77. The van der Waals surface area contributed by atoms with Crippen molar-refractivity contribution in [3.05, 3.63) is 113 Å². The molecule has 0 fully saturated rings. The predicted molar refractivity (Wildman–Crippen MR) is 159 cm³/mol. The number of hydrogen-bond donors (Lipinski definition) is 1. The number of rotatable bonds is 10. The first kappa shape index (κ1) is 27.7. The molecule has 42 heavy (non-hydrogen) atoms. The third-order valence-corrected chi connectivity index (χ3v) is 8.78. The van der Waals surface area contributed by atoms with Crippen molar-refractivity contribution in [3.63, 3.8) is 0 Å². The lowest BCUT2D eigenvalue weighted by atomic mass is 9.95. The number of furan rings is 1. The number of aliphatic hydroxyl groups is 1. The SMILES string of the molecule is CCCOc1ccc(C2C(C(=O)c3cc4ccccc4o3)=C(O)C(=O)N2c2nnc(SCc3ccc(F)cc3)s2)cc1. The molecule has 2 aromatic heterocycles. The van der Waals surface area contributed by atoms with Crippen LogP contribution in [0.5, 0.6) is 5.75 Å². The number of halogens is 1. The van der Waals surface area contributed by atoms with E-state index < -0.39 is 23.5 Å². The lowest BCUT2D eigenvalue weighted by Gasteiger charge is -2.24. The molecule has 1 atom stereocenters. The molecule has 0 spiro atoms. The second kappa shape index (κ2) is 11.8. The van der Waals surface area contributed by atoms with Gasteiger partial charge in [-0.1, -0.05) is 72.5 Å². The smallest absolute Gasteiger partial charge is 0.296 e. The van der Waals surface area contributed by atoms with Gasteiger partial charge in [0.15, 0.2) is 15.9 Å². The minimum Gasteiger partial charge on any atom is -0.503 e. The van der Waals surface area contributed by atoms with Crippen molar-refractivity contribution in [1.82, 2.24) is 10.2 Å². The highest BCUT2D eigenvalue weighted by Gasteiger charge is 2.46. The highest BCUT2D eigenvalue weighted by atomic mass is 32.2. The number of hydrogen-bond acceptors (Lipinski definition) is 9. The zero-order chi connectivity index (χ0) is 29.2. The fourth-order valence-corrected chi connectivity index (χ4v) is 6.45. The summed E-state index contributed by atoms with van der Waals surface area (Å²) < 4.78 is 25.4. The number of aromatic nitrogens is 2. The molecular weight excluding hydrogens is 577 g/mol. The molecule has 1 aliphatic rings. The van der Waals surface area contributed by atoms with Gasteiger partial charge in [0.1, 0.15) is 17.1 Å². The molecule has 1 aliphatic heterocycles. The van der Waals surface area contributed by atoms with Crippen LogP contribution >= 0.6 is 23.1 Å². The lowest BCUT2D eigenvalue weighted by Crippen LogP contribution is -2.31. The van der Waals surface area contributed by atoms with Crippen LogP contribution in [-0.4, -0.2) is 33.6 Å². The summed E-state index contributed by atoms with van der Waals surface area (Å²) in [6.45, 7) is 2.56. The summed E-state index contributed by atoms with van der Waals surface area (Å²) in [6, 6.07) is 21.0. The maximum Gasteiger partial charge on any atom is 0.296 e. The van der Waals surface area contributed by atoms with Gasteiger partial charge in [-0.2, -0.15) is 0 Å². The third kappa shape index (κ3) is 5.40. The Balaban J connectivity index is 1.35. The van der Waals surface area contributed by atoms with Gasteiger partial charge in [-0.25, -0.2) is 4.39 Å². The number of amides is 1. The average Bonchev–Trinajstić information content (AvgIpc) is 3.72. The summed E-state index contributed by atoms with van der Waals surface area (Å²) in [5, 5.41) is 20.5. The third-order valence-electron chi connectivity index (χ3n) is 6.65. The number of benzene rings is 3. The van der Waals surface area contributed by atoms with Crippen LogP contribution < -0.4 is 9.64 Å². The normalized spacial score (nSPS) is 15.1. The van der Waals surface area contributed by atoms with Crippen LogP contribution in [0.15, 0.2) is 99.0 Å². The Morgan fingerprint density at radius 1 is 1.10 bits per heavy atom. The summed E-state index contributed by atoms with van der Waals surface area (Å²) in [7, 11) is 0. The van der Waals surface area contributed by atoms with E-state index in [1.807, 2.05) is 19.1 Å². The molecule has 0 saturated carbocycles. The van der Waals surface area contributed by atoms with Crippen molar-refractivity contribution in [2.75, 3.05) is 11.5 Å². The van der Waals surface area contributed by atoms with Crippen LogP contribution in [0.1, 0.15) is 41.1 Å². The van der Waals surface area contributed by atoms with Crippen LogP contribution in [0.3, 0.4) is 0 Å². The lowest BCUT2D eigenvalue weighted by molar-refractivity contribution is -0.117. The van der Waals surface area contributed by atoms with Crippen LogP contribution in [0.2, 0.25) is 0 Å². The molecule has 3 aromatic carbocycles. The minimum absolute atomic E-state index is 0.00751. The fourth-order valence-electron chi connectivity index (χ4n) is 4.63. The summed E-state index contributed by atoms with van der Waals surface area (Å²) >= 11 is 2.54.